The summed E-state index contributed by atoms with van der Waals surface area (Å²) >= 11 is 0. The van der Waals surface area contributed by atoms with Crippen LogP contribution in [0.5, 0.6) is 0 Å². The molecule has 0 aromatic carbocycles. The highest BCUT2D eigenvalue weighted by Gasteiger charge is 2.43. The van der Waals surface area contributed by atoms with E-state index in [-0.39, 0.29) is 17.9 Å². The molecule has 0 radical (unpaired) electrons. The van der Waals surface area contributed by atoms with E-state index in [2.05, 4.69) is 35.9 Å². The Labute approximate surface area is 235 Å². The van der Waals surface area contributed by atoms with Crippen LogP contribution in [0.15, 0.2) is 55.5 Å². The van der Waals surface area contributed by atoms with Gasteiger partial charge in [-0.15, -0.1) is 0 Å². The smallest absolute Gasteiger partial charge is 0.252 e. The van der Waals surface area contributed by atoms with E-state index in [1.165, 1.54) is 10.9 Å². The van der Waals surface area contributed by atoms with Crippen LogP contribution in [0.1, 0.15) is 61.5 Å². The molecule has 1 atom stereocenters. The zero-order valence-corrected chi connectivity index (χ0v) is 23.0. The van der Waals surface area contributed by atoms with Gasteiger partial charge in [0.05, 0.1) is 48.4 Å². The number of hydrogen-bond donors (Lipinski definition) is 3. The number of imidazole rings is 1. The minimum absolute atomic E-state index is 0.134. The van der Waals surface area contributed by atoms with Crippen molar-refractivity contribution < 1.29 is 13.9 Å². The Bertz CT molecular complexity index is 1670. The number of aromatic nitrogens is 8. The number of aryl methyl sites for hydroxylation is 1. The lowest BCUT2D eigenvalue weighted by Gasteiger charge is -2.38. The van der Waals surface area contributed by atoms with E-state index in [9.17, 15) is 9.18 Å². The maximum Gasteiger partial charge on any atom is 0.252 e. The second kappa shape index (κ2) is 10.7. The third-order valence-corrected chi connectivity index (χ3v) is 7.78. The fraction of sp³-hybridized carbons (Fsp3) is 0.357. The van der Waals surface area contributed by atoms with Gasteiger partial charge in [0, 0.05) is 31.0 Å². The number of halogens is 1. The van der Waals surface area contributed by atoms with Gasteiger partial charge in [0.25, 0.3) is 5.91 Å². The van der Waals surface area contributed by atoms with Gasteiger partial charge >= 0.3 is 0 Å². The highest BCUT2D eigenvalue weighted by atomic mass is 19.1. The Morgan fingerprint density at radius 1 is 1.20 bits per heavy atom. The molecule has 0 aliphatic heterocycles. The number of amides is 1. The molecule has 0 saturated heterocycles. The van der Waals surface area contributed by atoms with Gasteiger partial charge < -0.3 is 19.8 Å². The van der Waals surface area contributed by atoms with Gasteiger partial charge in [0.15, 0.2) is 17.5 Å². The second-order valence-electron chi connectivity index (χ2n) is 10.5. The number of rotatable bonds is 8. The van der Waals surface area contributed by atoms with E-state index < -0.39 is 11.4 Å². The van der Waals surface area contributed by atoms with Crippen LogP contribution >= 0.6 is 0 Å². The summed E-state index contributed by atoms with van der Waals surface area (Å²) in [5.74, 6) is 1.39. The van der Waals surface area contributed by atoms with Gasteiger partial charge in [-0.1, -0.05) is 6.07 Å². The van der Waals surface area contributed by atoms with E-state index in [0.29, 0.717) is 30.3 Å². The predicted octanol–water partition coefficient (Wildman–Crippen LogP) is 4.14. The molecular weight excluding hydrogens is 527 g/mol. The molecular formula is C28H31FN10O2. The van der Waals surface area contributed by atoms with Gasteiger partial charge in [-0.05, 0) is 51.2 Å². The quantitative estimate of drug-likeness (QED) is 0.258. The monoisotopic (exact) mass is 558 g/mol. The van der Waals surface area contributed by atoms with Gasteiger partial charge in [0.2, 0.25) is 0 Å². The number of ether oxygens (including phenoxy) is 1. The van der Waals surface area contributed by atoms with Crippen LogP contribution < -0.4 is 10.6 Å². The Hall–Kier alpha value is -4.65. The number of carbonyl (C=O) groups excluding carboxylic acids is 1. The lowest BCUT2D eigenvalue weighted by molar-refractivity contribution is -0.148. The van der Waals surface area contributed by atoms with Crippen LogP contribution in [0.3, 0.4) is 0 Å². The van der Waals surface area contributed by atoms with Crippen molar-refractivity contribution in [3.63, 3.8) is 0 Å². The molecule has 1 aliphatic carbocycles. The summed E-state index contributed by atoms with van der Waals surface area (Å²) in [6.07, 6.45) is 12.1. The van der Waals surface area contributed by atoms with Crippen LogP contribution in [0.2, 0.25) is 0 Å². The minimum atomic E-state index is -0.941. The first-order chi connectivity index (χ1) is 19.8. The number of H-pyrrole nitrogens is 1. The van der Waals surface area contributed by atoms with Gasteiger partial charge in [0.1, 0.15) is 11.4 Å². The van der Waals surface area contributed by atoms with E-state index >= 15 is 0 Å². The zero-order valence-electron chi connectivity index (χ0n) is 23.0. The van der Waals surface area contributed by atoms with Crippen molar-refractivity contribution in [1.29, 1.82) is 0 Å². The van der Waals surface area contributed by atoms with Crippen LogP contribution in [-0.4, -0.2) is 57.9 Å². The fourth-order valence-corrected chi connectivity index (χ4v) is 5.44. The van der Waals surface area contributed by atoms with Gasteiger partial charge in [-0.2, -0.15) is 10.2 Å². The van der Waals surface area contributed by atoms with Crippen molar-refractivity contribution in [2.75, 3.05) is 12.4 Å². The average molecular weight is 559 g/mol. The number of fused-ring (bicyclic) bond motifs is 1. The number of anilines is 2. The van der Waals surface area contributed by atoms with Gasteiger partial charge in [-0.3, -0.25) is 9.89 Å². The van der Waals surface area contributed by atoms with Crippen molar-refractivity contribution in [3.8, 4) is 5.82 Å². The number of carbonyl (C=O) groups is 1. The molecule has 1 aliphatic rings. The Morgan fingerprint density at radius 2 is 2.02 bits per heavy atom. The van der Waals surface area contributed by atoms with E-state index in [1.807, 2.05) is 42.8 Å². The molecule has 1 saturated carbocycles. The lowest BCUT2D eigenvalue weighted by Crippen LogP contribution is -2.50. The number of aromatic amines is 1. The zero-order chi connectivity index (χ0) is 28.6. The molecule has 0 unspecified atom stereocenters. The highest BCUT2D eigenvalue weighted by Crippen LogP contribution is 2.41. The number of nitrogens with zero attached hydrogens (tertiary/aromatic N) is 7. The molecule has 5 heterocycles. The molecule has 0 spiro atoms. The maximum absolute atomic E-state index is 13.5. The molecule has 41 heavy (non-hydrogen) atoms. The summed E-state index contributed by atoms with van der Waals surface area (Å²) < 4.78 is 22.5. The highest BCUT2D eigenvalue weighted by molar-refractivity contribution is 5.85. The topological polar surface area (TPSA) is 140 Å². The van der Waals surface area contributed by atoms with Gasteiger partial charge in [-0.25, -0.2) is 24.0 Å². The molecule has 12 nitrogen and oxygen atoms in total. The van der Waals surface area contributed by atoms with E-state index in [1.54, 1.807) is 25.7 Å². The van der Waals surface area contributed by atoms with E-state index in [4.69, 9.17) is 9.72 Å². The fourth-order valence-electron chi connectivity index (χ4n) is 5.44. The first kappa shape index (κ1) is 26.6. The molecule has 0 bridgehead atoms. The largest absolute Gasteiger partial charge is 0.368 e. The number of methoxy groups -OCH3 is 1. The van der Waals surface area contributed by atoms with Crippen molar-refractivity contribution in [3.05, 3.63) is 78.3 Å². The summed E-state index contributed by atoms with van der Waals surface area (Å²) in [5.41, 5.74) is 2.70. The first-order valence-corrected chi connectivity index (χ1v) is 13.5. The Balaban J connectivity index is 1.14. The van der Waals surface area contributed by atoms with Crippen molar-refractivity contribution in [1.82, 2.24) is 44.6 Å². The number of pyridine rings is 1. The normalized spacial score (nSPS) is 19.8. The maximum atomic E-state index is 13.5. The van der Waals surface area contributed by atoms with Crippen molar-refractivity contribution >= 4 is 23.1 Å². The molecule has 3 N–H and O–H groups in total. The summed E-state index contributed by atoms with van der Waals surface area (Å²) in [5, 5.41) is 17.5. The third kappa shape index (κ3) is 5.27. The molecule has 5 aromatic rings. The molecule has 1 fully saturated rings. The van der Waals surface area contributed by atoms with E-state index in [0.717, 1.165) is 41.5 Å². The summed E-state index contributed by atoms with van der Waals surface area (Å²) in [7, 11) is 1.59. The standard InChI is InChI=1S/C28H31FN10O2/c1-17-10-23(37-36-17)34-24-15-38-16-30-13-22(38)26(35-24)19-6-8-28(41-3,9-7-19)27(40)33-18(2)20-4-5-25(31-11-20)39-14-21(29)12-32-39/h4-5,10-16,18-19H,6-9H2,1-3H3,(H,33,40)(H2,34,36,37)/t18-,19-,28+/m0/s1. The van der Waals surface area contributed by atoms with Crippen LogP contribution in [0.25, 0.3) is 11.3 Å². The first-order valence-electron chi connectivity index (χ1n) is 13.5. The summed E-state index contributed by atoms with van der Waals surface area (Å²) in [4.78, 5) is 27.2. The molecule has 13 heteroatoms. The second-order valence-corrected chi connectivity index (χ2v) is 10.5. The summed E-state index contributed by atoms with van der Waals surface area (Å²) in [6.45, 7) is 3.84. The third-order valence-electron chi connectivity index (χ3n) is 7.78. The van der Waals surface area contributed by atoms with Crippen molar-refractivity contribution in [2.24, 2.45) is 0 Å². The molecule has 5 aromatic heterocycles. The van der Waals surface area contributed by atoms with Crippen molar-refractivity contribution in [2.45, 2.75) is 57.1 Å². The molecule has 6 rings (SSSR count). The van der Waals surface area contributed by atoms with Crippen LogP contribution in [0.4, 0.5) is 16.0 Å². The SMILES string of the molecule is CO[C@]1(C(=O)N[C@@H](C)c2ccc(-n3cc(F)cn3)nc2)CC[C@H](c2nc(Nc3cc(C)[nH]n3)cn3cncc23)CC1. The average Bonchev–Trinajstić information content (AvgIpc) is 3.74. The predicted molar refractivity (Wildman–Crippen MR) is 148 cm³/mol. The number of nitrogens with one attached hydrogen (secondary N) is 3. The lowest BCUT2D eigenvalue weighted by atomic mass is 9.76. The Morgan fingerprint density at radius 3 is 2.68 bits per heavy atom. The number of hydrogen-bond acceptors (Lipinski definition) is 8. The van der Waals surface area contributed by atoms with Crippen LogP contribution in [0, 0.1) is 12.7 Å². The summed E-state index contributed by atoms with van der Waals surface area (Å²) in [6, 6.07) is 5.20. The molecule has 1 amide bonds. The molecule has 212 valence electrons. The van der Waals surface area contributed by atoms with Crippen LogP contribution in [-0.2, 0) is 9.53 Å². The Kier molecular flexibility index (Phi) is 6.95. The minimum Gasteiger partial charge on any atom is -0.368 e.